The number of morpholine rings is 1. The first-order chi connectivity index (χ1) is 10.6. The average Bonchev–Trinajstić information content (AvgIpc) is 2.51. The highest BCUT2D eigenvalue weighted by Crippen LogP contribution is 2.28. The second kappa shape index (κ2) is 10.2. The molecule has 130 valence electrons. The van der Waals surface area contributed by atoms with E-state index in [0.717, 1.165) is 30.8 Å². The Balaban J connectivity index is 0.00000264. The van der Waals surface area contributed by atoms with E-state index >= 15 is 0 Å². The number of carbonyl (C=O) groups is 1. The molecule has 1 aliphatic rings. The molecule has 0 radical (unpaired) electrons. The summed E-state index contributed by atoms with van der Waals surface area (Å²) in [5.41, 5.74) is 2.00. The monoisotopic (exact) mass is 358 g/mol. The number of ether oxygens (including phenoxy) is 1. The van der Waals surface area contributed by atoms with E-state index in [9.17, 15) is 4.79 Å². The molecule has 0 saturated carbocycles. The summed E-state index contributed by atoms with van der Waals surface area (Å²) >= 11 is 1.87. The molecule has 1 aliphatic heterocycles. The molecule has 2 rings (SSSR count). The number of thioether (sulfide) groups is 1. The number of nitrogens with one attached hydrogen (secondary N) is 2. The van der Waals surface area contributed by atoms with Crippen LogP contribution in [0.4, 0.5) is 5.69 Å². The van der Waals surface area contributed by atoms with Crippen molar-refractivity contribution in [3.8, 4) is 0 Å². The molecule has 0 bridgehead atoms. The molecule has 0 aliphatic carbocycles. The fraction of sp³-hybridized carbons (Fsp3) is 0.588. The molecular formula is C17H27ClN2O2S. The molecular weight excluding hydrogens is 332 g/mol. The Morgan fingerprint density at radius 3 is 2.91 bits per heavy atom. The third-order valence-electron chi connectivity index (χ3n) is 3.81. The molecule has 0 aromatic heterocycles. The summed E-state index contributed by atoms with van der Waals surface area (Å²) in [5, 5.41) is 6.92. The lowest BCUT2D eigenvalue weighted by Gasteiger charge is -2.23. The van der Waals surface area contributed by atoms with E-state index in [1.54, 1.807) is 0 Å². The van der Waals surface area contributed by atoms with Crippen molar-refractivity contribution in [2.45, 2.75) is 49.8 Å². The SMILES string of the molecule is CCC(C)Sc1ccc(NC(=O)CC2COCCN2)c(C)c1.Cl. The van der Waals surface area contributed by atoms with Crippen LogP contribution in [0.1, 0.15) is 32.3 Å². The number of amides is 1. The predicted molar refractivity (Wildman–Crippen MR) is 99.9 cm³/mol. The Kier molecular flexibility index (Phi) is 8.99. The Morgan fingerprint density at radius 2 is 2.30 bits per heavy atom. The highest BCUT2D eigenvalue weighted by Gasteiger charge is 2.17. The van der Waals surface area contributed by atoms with E-state index in [1.165, 1.54) is 4.90 Å². The van der Waals surface area contributed by atoms with Crippen LogP contribution in [0.5, 0.6) is 0 Å². The Bertz CT molecular complexity index is 507. The van der Waals surface area contributed by atoms with Crippen LogP contribution in [0.15, 0.2) is 23.1 Å². The molecule has 1 saturated heterocycles. The van der Waals surface area contributed by atoms with Crippen molar-refractivity contribution in [3.63, 3.8) is 0 Å². The number of carbonyl (C=O) groups excluding carboxylic acids is 1. The van der Waals surface area contributed by atoms with E-state index in [-0.39, 0.29) is 24.4 Å². The molecule has 0 spiro atoms. The number of anilines is 1. The zero-order valence-electron chi connectivity index (χ0n) is 14.1. The van der Waals surface area contributed by atoms with E-state index in [2.05, 4.69) is 36.6 Å². The van der Waals surface area contributed by atoms with Gasteiger partial charge in [0.15, 0.2) is 0 Å². The number of hydrogen-bond donors (Lipinski definition) is 2. The summed E-state index contributed by atoms with van der Waals surface area (Å²) < 4.78 is 5.37. The second-order valence-electron chi connectivity index (χ2n) is 5.79. The molecule has 1 aromatic carbocycles. The summed E-state index contributed by atoms with van der Waals surface area (Å²) in [6.45, 7) is 8.62. The molecule has 1 heterocycles. The third-order valence-corrected chi connectivity index (χ3v) is 5.08. The maximum atomic E-state index is 12.1. The minimum atomic E-state index is 0. The van der Waals surface area contributed by atoms with Crippen LogP contribution in [0.25, 0.3) is 0 Å². The van der Waals surface area contributed by atoms with Gasteiger partial charge in [-0.15, -0.1) is 24.2 Å². The van der Waals surface area contributed by atoms with Crippen LogP contribution < -0.4 is 10.6 Å². The van der Waals surface area contributed by atoms with E-state index < -0.39 is 0 Å². The van der Waals surface area contributed by atoms with Crippen LogP contribution in [-0.4, -0.2) is 37.0 Å². The van der Waals surface area contributed by atoms with Gasteiger partial charge in [-0.1, -0.05) is 13.8 Å². The van der Waals surface area contributed by atoms with Gasteiger partial charge in [0, 0.05) is 34.8 Å². The van der Waals surface area contributed by atoms with Crippen molar-refractivity contribution in [1.82, 2.24) is 5.32 Å². The van der Waals surface area contributed by atoms with Crippen molar-refractivity contribution in [2.75, 3.05) is 25.1 Å². The van der Waals surface area contributed by atoms with Gasteiger partial charge in [0.25, 0.3) is 0 Å². The molecule has 4 nitrogen and oxygen atoms in total. The van der Waals surface area contributed by atoms with Crippen molar-refractivity contribution in [2.24, 2.45) is 0 Å². The zero-order valence-corrected chi connectivity index (χ0v) is 15.7. The number of benzene rings is 1. The van der Waals surface area contributed by atoms with Crippen molar-refractivity contribution in [3.05, 3.63) is 23.8 Å². The predicted octanol–water partition coefficient (Wildman–Crippen LogP) is 3.62. The summed E-state index contributed by atoms with van der Waals surface area (Å²) in [5.74, 6) is 0.0356. The minimum absolute atomic E-state index is 0. The summed E-state index contributed by atoms with van der Waals surface area (Å²) in [6, 6.07) is 6.35. The summed E-state index contributed by atoms with van der Waals surface area (Å²) in [7, 11) is 0. The van der Waals surface area contributed by atoms with Crippen LogP contribution in [-0.2, 0) is 9.53 Å². The molecule has 6 heteroatoms. The van der Waals surface area contributed by atoms with Gasteiger partial charge in [0.1, 0.15) is 0 Å². The molecule has 1 aromatic rings. The van der Waals surface area contributed by atoms with Gasteiger partial charge in [-0.2, -0.15) is 0 Å². The first-order valence-corrected chi connectivity index (χ1v) is 8.84. The maximum Gasteiger partial charge on any atom is 0.226 e. The smallest absolute Gasteiger partial charge is 0.226 e. The lowest BCUT2D eigenvalue weighted by Crippen LogP contribution is -2.43. The number of aryl methyl sites for hydroxylation is 1. The number of rotatable bonds is 6. The standard InChI is InChI=1S/C17H26N2O2S.ClH/c1-4-13(3)22-15-5-6-16(12(2)9-15)19-17(20)10-14-11-21-8-7-18-14;/h5-6,9,13-14,18H,4,7-8,10-11H2,1-3H3,(H,19,20);1H. The third kappa shape index (κ3) is 6.71. The van der Waals surface area contributed by atoms with Gasteiger partial charge < -0.3 is 15.4 Å². The van der Waals surface area contributed by atoms with Gasteiger partial charge in [-0.3, -0.25) is 4.79 Å². The lowest BCUT2D eigenvalue weighted by molar-refractivity contribution is -0.117. The highest BCUT2D eigenvalue weighted by molar-refractivity contribution is 7.99. The number of halogens is 1. The fourth-order valence-corrected chi connectivity index (χ4v) is 3.36. The van der Waals surface area contributed by atoms with E-state index in [1.807, 2.05) is 24.8 Å². The van der Waals surface area contributed by atoms with Crippen LogP contribution in [0.2, 0.25) is 0 Å². The minimum Gasteiger partial charge on any atom is -0.378 e. The topological polar surface area (TPSA) is 50.4 Å². The quantitative estimate of drug-likeness (QED) is 0.762. The van der Waals surface area contributed by atoms with Gasteiger partial charge in [-0.25, -0.2) is 0 Å². The first kappa shape index (κ1) is 20.3. The molecule has 23 heavy (non-hydrogen) atoms. The van der Waals surface area contributed by atoms with Gasteiger partial charge in [0.05, 0.1) is 13.2 Å². The van der Waals surface area contributed by atoms with Crippen LogP contribution >= 0.6 is 24.2 Å². The van der Waals surface area contributed by atoms with Crippen molar-refractivity contribution in [1.29, 1.82) is 0 Å². The average molecular weight is 359 g/mol. The van der Waals surface area contributed by atoms with E-state index in [4.69, 9.17) is 4.74 Å². The molecule has 1 fully saturated rings. The van der Waals surface area contributed by atoms with Crippen molar-refractivity contribution < 1.29 is 9.53 Å². The molecule has 2 N–H and O–H groups in total. The molecule has 2 atom stereocenters. The largest absolute Gasteiger partial charge is 0.378 e. The van der Waals surface area contributed by atoms with E-state index in [0.29, 0.717) is 18.3 Å². The van der Waals surface area contributed by atoms with Crippen LogP contribution in [0.3, 0.4) is 0 Å². The normalized spacial score (nSPS) is 18.8. The van der Waals surface area contributed by atoms with Gasteiger partial charge >= 0.3 is 0 Å². The van der Waals surface area contributed by atoms with Gasteiger partial charge in [0.2, 0.25) is 5.91 Å². The molecule has 2 unspecified atom stereocenters. The van der Waals surface area contributed by atoms with Crippen molar-refractivity contribution >= 4 is 35.8 Å². The number of hydrogen-bond acceptors (Lipinski definition) is 4. The highest BCUT2D eigenvalue weighted by atomic mass is 35.5. The lowest BCUT2D eigenvalue weighted by atomic mass is 10.1. The van der Waals surface area contributed by atoms with Gasteiger partial charge in [-0.05, 0) is 37.1 Å². The first-order valence-electron chi connectivity index (χ1n) is 7.96. The maximum absolute atomic E-state index is 12.1. The second-order valence-corrected chi connectivity index (χ2v) is 7.30. The Morgan fingerprint density at radius 1 is 1.52 bits per heavy atom. The Labute approximate surface area is 149 Å². The zero-order chi connectivity index (χ0) is 15.9. The fourth-order valence-electron chi connectivity index (χ4n) is 2.34. The summed E-state index contributed by atoms with van der Waals surface area (Å²) in [6.07, 6.45) is 1.60. The molecule has 1 amide bonds. The van der Waals surface area contributed by atoms with Crippen LogP contribution in [0, 0.1) is 6.92 Å². The Hall–Kier alpha value is -0.750. The summed E-state index contributed by atoms with van der Waals surface area (Å²) in [4.78, 5) is 13.4.